The molecule has 11 heteroatoms. The van der Waals surface area contributed by atoms with E-state index in [0.717, 1.165) is 0 Å². The summed E-state index contributed by atoms with van der Waals surface area (Å²) in [6.07, 6.45) is 1.61. The van der Waals surface area contributed by atoms with Crippen LogP contribution in [0.25, 0.3) is 11.3 Å². The summed E-state index contributed by atoms with van der Waals surface area (Å²) < 4.78 is 29.5. The summed E-state index contributed by atoms with van der Waals surface area (Å²) >= 11 is 12.5. The molecule has 7 nitrogen and oxygen atoms in total. The van der Waals surface area contributed by atoms with Crippen molar-refractivity contribution in [2.45, 2.75) is 6.54 Å². The molecular formula is C28H22Cl2F2N6O. The molecule has 1 aromatic heterocycles. The molecule has 0 radical (unpaired) electrons. The number of aliphatic imine (C=N–C) groups is 1. The second-order valence-electron chi connectivity index (χ2n) is 8.70. The van der Waals surface area contributed by atoms with Gasteiger partial charge in [-0.2, -0.15) is 0 Å². The number of rotatable bonds is 7. The van der Waals surface area contributed by atoms with Gasteiger partial charge in [0.2, 0.25) is 5.95 Å². The summed E-state index contributed by atoms with van der Waals surface area (Å²) in [4.78, 5) is 26.2. The van der Waals surface area contributed by atoms with Gasteiger partial charge in [0.15, 0.2) is 0 Å². The fourth-order valence-corrected chi connectivity index (χ4v) is 4.60. The highest BCUT2D eigenvalue weighted by Crippen LogP contribution is 2.35. The van der Waals surface area contributed by atoms with E-state index in [1.807, 2.05) is 0 Å². The molecule has 2 heterocycles. The van der Waals surface area contributed by atoms with E-state index >= 15 is 0 Å². The Labute approximate surface area is 233 Å². The van der Waals surface area contributed by atoms with E-state index in [2.05, 4.69) is 25.9 Å². The lowest BCUT2D eigenvalue weighted by Gasteiger charge is -2.14. The van der Waals surface area contributed by atoms with Gasteiger partial charge in [-0.3, -0.25) is 9.79 Å². The average molecular weight is 567 g/mol. The van der Waals surface area contributed by atoms with Crippen LogP contribution in [0.5, 0.6) is 0 Å². The van der Waals surface area contributed by atoms with Crippen LogP contribution in [0.2, 0.25) is 10.0 Å². The zero-order valence-electron chi connectivity index (χ0n) is 20.7. The molecule has 3 N–H and O–H groups in total. The summed E-state index contributed by atoms with van der Waals surface area (Å²) in [5, 5.41) is 9.56. The van der Waals surface area contributed by atoms with E-state index in [4.69, 9.17) is 28.2 Å². The monoisotopic (exact) mass is 566 g/mol. The third kappa shape index (κ3) is 5.61. The summed E-state index contributed by atoms with van der Waals surface area (Å²) in [6, 6.07) is 13.6. The molecule has 0 bridgehead atoms. The zero-order valence-corrected chi connectivity index (χ0v) is 22.2. The molecule has 3 aromatic carbocycles. The van der Waals surface area contributed by atoms with Gasteiger partial charge in [-0.1, -0.05) is 35.3 Å². The maximum atomic E-state index is 14.8. The van der Waals surface area contributed by atoms with E-state index in [1.54, 1.807) is 49.6 Å². The Morgan fingerprint density at radius 1 is 1.00 bits per heavy atom. The quantitative estimate of drug-likeness (QED) is 0.247. The largest absolute Gasteiger partial charge is 0.351 e. The van der Waals surface area contributed by atoms with Gasteiger partial charge >= 0.3 is 0 Å². The molecule has 198 valence electrons. The predicted octanol–water partition coefficient (Wildman–Crippen LogP) is 5.77. The summed E-state index contributed by atoms with van der Waals surface area (Å²) in [6.45, 7) is 1.16. The highest BCUT2D eigenvalue weighted by atomic mass is 35.5. The number of nitrogens with zero attached hydrogens (tertiary/aromatic N) is 3. The number of nitrogens with one attached hydrogen (secondary N) is 3. The topological polar surface area (TPSA) is 91.3 Å². The normalized spacial score (nSPS) is 12.2. The molecule has 0 saturated carbocycles. The van der Waals surface area contributed by atoms with Crippen LogP contribution in [0.15, 0.2) is 65.8 Å². The number of hydrogen-bond donors (Lipinski definition) is 3. The molecule has 1 amide bonds. The number of carbonyl (C=O) groups excluding carboxylic acids is 1. The van der Waals surface area contributed by atoms with Crippen molar-refractivity contribution < 1.29 is 13.6 Å². The standard InChI is InChI=1S/C28H22Cl2F2N6O/c1-33-9-10-34-27(39)20-12-17(6-8-21(20)30)37-28-36-14-15-13-35-26(24-22(31)3-2-4-23(24)32)19-11-16(29)5-7-18(19)25(15)38-28/h2-8,11-12,14,33H,9-10,13H2,1H3,(H,34,39)(H,36,37,38). The number of hydrogen-bond acceptors (Lipinski definition) is 6. The minimum absolute atomic E-state index is 0.100. The van der Waals surface area contributed by atoms with Crippen LogP contribution in [-0.2, 0) is 6.54 Å². The van der Waals surface area contributed by atoms with Gasteiger partial charge in [0.1, 0.15) is 11.6 Å². The van der Waals surface area contributed by atoms with Crippen molar-refractivity contribution in [3.8, 4) is 11.3 Å². The van der Waals surface area contributed by atoms with Crippen LogP contribution >= 0.6 is 23.2 Å². The average Bonchev–Trinajstić information content (AvgIpc) is 3.06. The second kappa shape index (κ2) is 11.4. The van der Waals surface area contributed by atoms with Crippen LogP contribution in [-0.4, -0.2) is 41.7 Å². The van der Waals surface area contributed by atoms with Crippen molar-refractivity contribution in [1.82, 2.24) is 20.6 Å². The van der Waals surface area contributed by atoms with Gasteiger partial charge in [-0.15, -0.1) is 0 Å². The number of halogens is 4. The Bertz CT molecular complexity index is 1590. The third-order valence-electron chi connectivity index (χ3n) is 6.09. The first kappa shape index (κ1) is 26.7. The number of anilines is 2. The third-order valence-corrected chi connectivity index (χ3v) is 6.66. The number of amides is 1. The van der Waals surface area contributed by atoms with Crippen molar-refractivity contribution in [2.24, 2.45) is 4.99 Å². The molecule has 0 unspecified atom stereocenters. The van der Waals surface area contributed by atoms with Gasteiger partial charge < -0.3 is 16.0 Å². The fraction of sp³-hybridized carbons (Fsp3) is 0.143. The number of fused-ring (bicyclic) bond motifs is 3. The molecule has 0 spiro atoms. The van der Waals surface area contributed by atoms with Crippen molar-refractivity contribution in [2.75, 3.05) is 25.5 Å². The lowest BCUT2D eigenvalue weighted by Crippen LogP contribution is -2.30. The summed E-state index contributed by atoms with van der Waals surface area (Å²) in [7, 11) is 1.79. The second-order valence-corrected chi connectivity index (χ2v) is 9.54. The molecule has 39 heavy (non-hydrogen) atoms. The molecule has 1 aliphatic rings. The van der Waals surface area contributed by atoms with Crippen molar-refractivity contribution >= 4 is 46.5 Å². The molecule has 0 aliphatic carbocycles. The van der Waals surface area contributed by atoms with Gasteiger partial charge in [0, 0.05) is 46.7 Å². The lowest BCUT2D eigenvalue weighted by molar-refractivity contribution is 0.0954. The molecular weight excluding hydrogens is 545 g/mol. The molecule has 0 fully saturated rings. The van der Waals surface area contributed by atoms with Crippen molar-refractivity contribution in [3.05, 3.63) is 105 Å². The predicted molar refractivity (Wildman–Crippen MR) is 149 cm³/mol. The van der Waals surface area contributed by atoms with Gasteiger partial charge in [0.25, 0.3) is 5.91 Å². The van der Waals surface area contributed by atoms with Crippen LogP contribution in [0.3, 0.4) is 0 Å². The van der Waals surface area contributed by atoms with E-state index in [0.29, 0.717) is 56.8 Å². The van der Waals surface area contributed by atoms with Crippen molar-refractivity contribution in [3.63, 3.8) is 0 Å². The van der Waals surface area contributed by atoms with Crippen LogP contribution in [0, 0.1) is 11.6 Å². The number of aromatic nitrogens is 2. The Balaban J connectivity index is 1.51. The molecule has 0 saturated heterocycles. The Morgan fingerprint density at radius 3 is 2.56 bits per heavy atom. The number of benzene rings is 3. The van der Waals surface area contributed by atoms with Crippen molar-refractivity contribution in [1.29, 1.82) is 0 Å². The first-order valence-corrected chi connectivity index (χ1v) is 12.8. The maximum absolute atomic E-state index is 14.8. The Hall–Kier alpha value is -3.92. The highest BCUT2D eigenvalue weighted by molar-refractivity contribution is 6.34. The highest BCUT2D eigenvalue weighted by Gasteiger charge is 2.25. The van der Waals surface area contributed by atoms with E-state index < -0.39 is 11.6 Å². The van der Waals surface area contributed by atoms with Crippen LogP contribution in [0.4, 0.5) is 20.4 Å². The van der Waals surface area contributed by atoms with E-state index in [-0.39, 0.29) is 29.7 Å². The van der Waals surface area contributed by atoms with Gasteiger partial charge in [0.05, 0.1) is 34.1 Å². The fourth-order valence-electron chi connectivity index (χ4n) is 4.22. The van der Waals surface area contributed by atoms with E-state index in [9.17, 15) is 13.6 Å². The molecule has 4 aromatic rings. The number of likely N-dealkylation sites (N-methyl/N-ethyl adjacent to an activating group) is 1. The summed E-state index contributed by atoms with van der Waals surface area (Å²) in [5.74, 6) is -1.52. The molecule has 5 rings (SSSR count). The van der Waals surface area contributed by atoms with Gasteiger partial charge in [-0.05, 0) is 49.5 Å². The van der Waals surface area contributed by atoms with Crippen LogP contribution in [0.1, 0.15) is 27.0 Å². The minimum atomic E-state index is -0.729. The first-order chi connectivity index (χ1) is 18.9. The first-order valence-electron chi connectivity index (χ1n) is 12.0. The number of carbonyl (C=O) groups is 1. The summed E-state index contributed by atoms with van der Waals surface area (Å²) in [5.41, 5.74) is 3.00. The maximum Gasteiger partial charge on any atom is 0.252 e. The van der Waals surface area contributed by atoms with E-state index in [1.165, 1.54) is 18.2 Å². The molecule has 0 atom stereocenters. The van der Waals surface area contributed by atoms with Gasteiger partial charge in [-0.25, -0.2) is 18.7 Å². The Morgan fingerprint density at radius 2 is 1.79 bits per heavy atom. The molecule has 1 aliphatic heterocycles. The van der Waals surface area contributed by atoms with Crippen LogP contribution < -0.4 is 16.0 Å². The SMILES string of the molecule is CNCCNC(=O)c1cc(Nc2ncc3c(n2)-c2ccc(Cl)cc2C(c2c(F)cccc2F)=NC3)ccc1Cl. The lowest BCUT2D eigenvalue weighted by atomic mass is 9.95. The smallest absolute Gasteiger partial charge is 0.252 e. The minimum Gasteiger partial charge on any atom is -0.351 e. The Kier molecular flexibility index (Phi) is 7.83. The zero-order chi connectivity index (χ0) is 27.5.